The van der Waals surface area contributed by atoms with Crippen molar-refractivity contribution in [1.82, 2.24) is 0 Å². The van der Waals surface area contributed by atoms with E-state index < -0.39 is 9.84 Å². The van der Waals surface area contributed by atoms with Crippen LogP contribution in [0.15, 0.2) is 24.3 Å². The average molecular weight is 243 g/mol. The second-order valence-electron chi connectivity index (χ2n) is 3.67. The van der Waals surface area contributed by atoms with Crippen LogP contribution in [0.2, 0.25) is 0 Å². The van der Waals surface area contributed by atoms with Gasteiger partial charge in [-0.05, 0) is 19.1 Å². The van der Waals surface area contributed by atoms with Crippen molar-refractivity contribution in [3.63, 3.8) is 0 Å². The van der Waals surface area contributed by atoms with Crippen LogP contribution in [0.4, 0.5) is 5.69 Å². The molecule has 0 aliphatic heterocycles. The zero-order valence-corrected chi connectivity index (χ0v) is 10.1. The van der Waals surface area contributed by atoms with Gasteiger partial charge in [-0.25, -0.2) is 8.42 Å². The molecule has 0 heterocycles. The smallest absolute Gasteiger partial charge is 0.154 e. The number of aliphatic hydroxyl groups excluding tert-OH is 1. The van der Waals surface area contributed by atoms with E-state index in [0.29, 0.717) is 6.54 Å². The summed E-state index contributed by atoms with van der Waals surface area (Å²) in [4.78, 5) is 0. The summed E-state index contributed by atoms with van der Waals surface area (Å²) in [6.45, 7) is 2.05. The molecule has 2 N–H and O–H groups in total. The topological polar surface area (TPSA) is 66.4 Å². The molecule has 0 spiro atoms. The van der Waals surface area contributed by atoms with E-state index in [0.717, 1.165) is 5.69 Å². The van der Waals surface area contributed by atoms with E-state index in [9.17, 15) is 8.42 Å². The van der Waals surface area contributed by atoms with Gasteiger partial charge in [0.15, 0.2) is 9.84 Å². The van der Waals surface area contributed by atoms with Crippen LogP contribution in [-0.2, 0) is 9.84 Å². The summed E-state index contributed by atoms with van der Waals surface area (Å²) >= 11 is 0. The molecule has 0 aliphatic carbocycles. The van der Waals surface area contributed by atoms with Crippen molar-refractivity contribution < 1.29 is 13.5 Å². The van der Waals surface area contributed by atoms with Crippen molar-refractivity contribution >= 4 is 15.5 Å². The number of hydrogen-bond acceptors (Lipinski definition) is 4. The van der Waals surface area contributed by atoms with Gasteiger partial charge in [0.25, 0.3) is 0 Å². The number of sulfone groups is 1. The highest BCUT2D eigenvalue weighted by Gasteiger charge is 2.08. The minimum atomic E-state index is -3.12. The maximum absolute atomic E-state index is 11.3. The summed E-state index contributed by atoms with van der Waals surface area (Å²) in [5, 5.41) is 11.6. The van der Waals surface area contributed by atoms with Crippen LogP contribution in [0.1, 0.15) is 5.56 Å². The Balaban J connectivity index is 2.39. The van der Waals surface area contributed by atoms with Crippen molar-refractivity contribution in [3.8, 4) is 0 Å². The monoisotopic (exact) mass is 243 g/mol. The zero-order valence-electron chi connectivity index (χ0n) is 9.31. The second-order valence-corrected chi connectivity index (χ2v) is 5.97. The van der Waals surface area contributed by atoms with E-state index in [1.165, 1.54) is 5.56 Å². The number of anilines is 1. The highest BCUT2D eigenvalue weighted by atomic mass is 32.2. The maximum Gasteiger partial charge on any atom is 0.154 e. The Bertz CT molecular complexity index is 411. The predicted octanol–water partition coefficient (Wildman–Crippen LogP) is 0.814. The number of benzene rings is 1. The SMILES string of the molecule is Cc1ccc(NCCS(=O)(=O)CCO)cc1. The third-order valence-electron chi connectivity index (χ3n) is 2.20. The number of hydrogen-bond donors (Lipinski definition) is 2. The van der Waals surface area contributed by atoms with E-state index in [1.54, 1.807) is 0 Å². The number of nitrogens with one attached hydrogen (secondary N) is 1. The fourth-order valence-corrected chi connectivity index (χ4v) is 2.16. The van der Waals surface area contributed by atoms with Gasteiger partial charge in [0.05, 0.1) is 18.1 Å². The molecular weight excluding hydrogens is 226 g/mol. The van der Waals surface area contributed by atoms with E-state index >= 15 is 0 Å². The van der Waals surface area contributed by atoms with Crippen LogP contribution < -0.4 is 5.32 Å². The van der Waals surface area contributed by atoms with Crippen molar-refractivity contribution in [2.75, 3.05) is 30.0 Å². The van der Waals surface area contributed by atoms with Crippen LogP contribution in [0.25, 0.3) is 0 Å². The van der Waals surface area contributed by atoms with E-state index in [-0.39, 0.29) is 18.1 Å². The lowest BCUT2D eigenvalue weighted by Crippen LogP contribution is -2.20. The van der Waals surface area contributed by atoms with E-state index in [1.807, 2.05) is 31.2 Å². The zero-order chi connectivity index (χ0) is 12.0. The van der Waals surface area contributed by atoms with Crippen molar-refractivity contribution in [1.29, 1.82) is 0 Å². The lowest BCUT2D eigenvalue weighted by Gasteiger charge is -2.06. The van der Waals surface area contributed by atoms with Gasteiger partial charge in [0, 0.05) is 12.2 Å². The van der Waals surface area contributed by atoms with Crippen LogP contribution in [-0.4, -0.2) is 38.2 Å². The molecule has 0 unspecified atom stereocenters. The van der Waals surface area contributed by atoms with Crippen LogP contribution >= 0.6 is 0 Å². The second kappa shape index (κ2) is 5.86. The van der Waals surface area contributed by atoms with Gasteiger partial charge in [0.1, 0.15) is 0 Å². The number of aliphatic hydroxyl groups is 1. The fraction of sp³-hybridized carbons (Fsp3) is 0.455. The molecule has 0 aromatic heterocycles. The lowest BCUT2D eigenvalue weighted by atomic mass is 10.2. The van der Waals surface area contributed by atoms with Crippen LogP contribution in [0, 0.1) is 6.92 Å². The van der Waals surface area contributed by atoms with Gasteiger partial charge in [-0.2, -0.15) is 0 Å². The van der Waals surface area contributed by atoms with E-state index in [4.69, 9.17) is 5.11 Å². The Hall–Kier alpha value is -1.07. The Labute approximate surface area is 96.2 Å². The summed E-state index contributed by atoms with van der Waals surface area (Å²) in [6.07, 6.45) is 0. The first kappa shape index (κ1) is 13.0. The van der Waals surface area contributed by atoms with Gasteiger partial charge >= 0.3 is 0 Å². The first-order valence-corrected chi connectivity index (χ1v) is 6.97. The third kappa shape index (κ3) is 4.63. The van der Waals surface area contributed by atoms with Crippen molar-refractivity contribution in [2.45, 2.75) is 6.92 Å². The molecule has 5 heteroatoms. The largest absolute Gasteiger partial charge is 0.395 e. The van der Waals surface area contributed by atoms with Gasteiger partial charge < -0.3 is 10.4 Å². The molecule has 0 radical (unpaired) electrons. The van der Waals surface area contributed by atoms with Gasteiger partial charge in [-0.3, -0.25) is 0 Å². The molecule has 4 nitrogen and oxygen atoms in total. The Morgan fingerprint density at radius 2 is 1.81 bits per heavy atom. The average Bonchev–Trinajstić information content (AvgIpc) is 2.20. The molecule has 0 aliphatic rings. The lowest BCUT2D eigenvalue weighted by molar-refractivity contribution is 0.319. The molecule has 0 saturated carbocycles. The molecule has 0 amide bonds. The number of aryl methyl sites for hydroxylation is 1. The molecule has 0 bridgehead atoms. The highest BCUT2D eigenvalue weighted by Crippen LogP contribution is 2.08. The first-order chi connectivity index (χ1) is 7.53. The maximum atomic E-state index is 11.3. The minimum Gasteiger partial charge on any atom is -0.395 e. The molecule has 1 rings (SSSR count). The van der Waals surface area contributed by atoms with Gasteiger partial charge in [-0.1, -0.05) is 17.7 Å². The predicted molar refractivity (Wildman–Crippen MR) is 65.4 cm³/mol. The Kier molecular flexibility index (Phi) is 4.76. The number of rotatable bonds is 6. The van der Waals surface area contributed by atoms with Crippen LogP contribution in [0.5, 0.6) is 0 Å². The summed E-state index contributed by atoms with van der Waals surface area (Å²) in [6, 6.07) is 7.75. The summed E-state index contributed by atoms with van der Waals surface area (Å²) < 4.78 is 22.5. The Morgan fingerprint density at radius 1 is 1.19 bits per heavy atom. The normalized spacial score (nSPS) is 11.4. The summed E-state index contributed by atoms with van der Waals surface area (Å²) in [7, 11) is -3.12. The van der Waals surface area contributed by atoms with Crippen molar-refractivity contribution in [3.05, 3.63) is 29.8 Å². The molecule has 0 saturated heterocycles. The molecule has 0 atom stereocenters. The Morgan fingerprint density at radius 3 is 2.38 bits per heavy atom. The third-order valence-corrected chi connectivity index (χ3v) is 3.83. The summed E-state index contributed by atoms with van der Waals surface area (Å²) in [5.74, 6) is -0.121. The molecule has 1 aromatic rings. The molecule has 16 heavy (non-hydrogen) atoms. The molecular formula is C11H17NO3S. The standard InChI is InChI=1S/C11H17NO3S/c1-10-2-4-11(5-3-10)12-6-8-16(14,15)9-7-13/h2-5,12-13H,6-9H2,1H3. The summed E-state index contributed by atoms with van der Waals surface area (Å²) in [5.41, 5.74) is 2.07. The fourth-order valence-electron chi connectivity index (χ4n) is 1.26. The minimum absolute atomic E-state index is 0.0431. The van der Waals surface area contributed by atoms with E-state index in [2.05, 4.69) is 5.32 Å². The highest BCUT2D eigenvalue weighted by molar-refractivity contribution is 7.91. The first-order valence-electron chi connectivity index (χ1n) is 5.15. The molecule has 1 aromatic carbocycles. The molecule has 90 valence electrons. The van der Waals surface area contributed by atoms with Crippen LogP contribution in [0.3, 0.4) is 0 Å². The van der Waals surface area contributed by atoms with Gasteiger partial charge in [-0.15, -0.1) is 0 Å². The quantitative estimate of drug-likeness (QED) is 0.776. The molecule has 0 fully saturated rings. The van der Waals surface area contributed by atoms with Crippen molar-refractivity contribution in [2.24, 2.45) is 0 Å². The van der Waals surface area contributed by atoms with Gasteiger partial charge in [0.2, 0.25) is 0 Å².